The van der Waals surface area contributed by atoms with Crippen molar-refractivity contribution < 1.29 is 14.4 Å². The van der Waals surface area contributed by atoms with E-state index in [0.717, 1.165) is 9.35 Å². The Kier molecular flexibility index (Phi) is 3.37. The monoisotopic (exact) mass is 350 g/mol. The predicted octanol–water partition coefficient (Wildman–Crippen LogP) is 3.93. The summed E-state index contributed by atoms with van der Waals surface area (Å²) in [5.41, 5.74) is 0.903. The van der Waals surface area contributed by atoms with E-state index in [9.17, 15) is 4.79 Å². The van der Waals surface area contributed by atoms with Crippen LogP contribution in [0.2, 0.25) is 0 Å². The van der Waals surface area contributed by atoms with Gasteiger partial charge in [-0.05, 0) is 46.3 Å². The van der Waals surface area contributed by atoms with Crippen LogP contribution in [0.4, 0.5) is 0 Å². The summed E-state index contributed by atoms with van der Waals surface area (Å²) in [7, 11) is 0. The lowest BCUT2D eigenvalue weighted by molar-refractivity contribution is 0.0697. The number of hydrogen-bond donors (Lipinski definition) is 1. The molecule has 0 spiro atoms. The minimum atomic E-state index is -0.966. The van der Waals surface area contributed by atoms with Crippen molar-refractivity contribution >= 4 is 33.2 Å². The van der Waals surface area contributed by atoms with Crippen LogP contribution in [0.3, 0.4) is 0 Å². The number of halogens is 1. The zero-order valence-corrected chi connectivity index (χ0v) is 12.3. The van der Waals surface area contributed by atoms with Crippen molar-refractivity contribution in [2.75, 3.05) is 0 Å². The molecule has 2 heterocycles. The molecular formula is C13H7BrN2O3S. The van der Waals surface area contributed by atoms with Gasteiger partial charge in [0.2, 0.25) is 5.82 Å². The van der Waals surface area contributed by atoms with E-state index in [1.807, 2.05) is 11.4 Å². The molecule has 5 nitrogen and oxygen atoms in total. The number of nitrogens with zero attached hydrogens (tertiary/aromatic N) is 2. The molecule has 0 bridgehead atoms. The Morgan fingerprint density at radius 2 is 2.05 bits per heavy atom. The first-order valence-electron chi connectivity index (χ1n) is 5.55. The van der Waals surface area contributed by atoms with E-state index in [-0.39, 0.29) is 5.56 Å². The minimum absolute atomic E-state index is 0.218. The molecule has 0 aliphatic heterocycles. The smallest absolute Gasteiger partial charge is 0.335 e. The van der Waals surface area contributed by atoms with Crippen LogP contribution in [-0.2, 0) is 0 Å². The van der Waals surface area contributed by atoms with Crippen molar-refractivity contribution in [3.05, 3.63) is 45.7 Å². The van der Waals surface area contributed by atoms with Gasteiger partial charge in [0.1, 0.15) is 0 Å². The third-order valence-corrected chi connectivity index (χ3v) is 4.28. The molecule has 7 heteroatoms. The van der Waals surface area contributed by atoms with Crippen LogP contribution in [0.15, 0.2) is 44.7 Å². The molecule has 0 unspecified atom stereocenters. The Balaban J connectivity index is 1.91. The maximum atomic E-state index is 10.8. The number of rotatable bonds is 3. The number of carboxylic acid groups (broad SMARTS) is 1. The Bertz CT molecular complexity index is 764. The predicted molar refractivity (Wildman–Crippen MR) is 77.7 cm³/mol. The summed E-state index contributed by atoms with van der Waals surface area (Å²) in [6.07, 6.45) is 0. The third kappa shape index (κ3) is 2.50. The van der Waals surface area contributed by atoms with Gasteiger partial charge < -0.3 is 9.63 Å². The van der Waals surface area contributed by atoms with Crippen molar-refractivity contribution in [2.24, 2.45) is 0 Å². The van der Waals surface area contributed by atoms with Crippen molar-refractivity contribution in [3.8, 4) is 22.2 Å². The average molecular weight is 351 g/mol. The number of aromatic carboxylic acids is 1. The molecule has 0 aliphatic carbocycles. The summed E-state index contributed by atoms with van der Waals surface area (Å²) in [6.45, 7) is 0. The van der Waals surface area contributed by atoms with Gasteiger partial charge in [-0.3, -0.25) is 0 Å². The summed E-state index contributed by atoms with van der Waals surface area (Å²) in [5, 5.41) is 14.7. The highest BCUT2D eigenvalue weighted by Gasteiger charge is 2.12. The normalized spacial score (nSPS) is 10.7. The van der Waals surface area contributed by atoms with Gasteiger partial charge in [0.15, 0.2) is 0 Å². The number of hydrogen-bond acceptors (Lipinski definition) is 5. The van der Waals surface area contributed by atoms with E-state index in [0.29, 0.717) is 17.3 Å². The molecular weight excluding hydrogens is 344 g/mol. The lowest BCUT2D eigenvalue weighted by Gasteiger charge is -1.95. The van der Waals surface area contributed by atoms with E-state index >= 15 is 0 Å². The number of thiophene rings is 1. The van der Waals surface area contributed by atoms with Crippen LogP contribution >= 0.6 is 27.3 Å². The van der Waals surface area contributed by atoms with Gasteiger partial charge in [0.05, 0.1) is 10.4 Å². The third-order valence-electron chi connectivity index (χ3n) is 2.59. The van der Waals surface area contributed by atoms with Crippen molar-refractivity contribution in [1.82, 2.24) is 10.1 Å². The Morgan fingerprint density at radius 3 is 2.65 bits per heavy atom. The number of aromatic nitrogens is 2. The average Bonchev–Trinajstić information content (AvgIpc) is 3.07. The van der Waals surface area contributed by atoms with Gasteiger partial charge in [0, 0.05) is 15.4 Å². The first-order chi connectivity index (χ1) is 9.63. The van der Waals surface area contributed by atoms with Crippen LogP contribution in [0.1, 0.15) is 10.4 Å². The van der Waals surface area contributed by atoms with Gasteiger partial charge in [-0.25, -0.2) is 4.79 Å². The summed E-state index contributed by atoms with van der Waals surface area (Å²) in [6, 6.07) is 8.20. The van der Waals surface area contributed by atoms with Crippen molar-refractivity contribution in [3.63, 3.8) is 0 Å². The molecule has 0 atom stereocenters. The van der Waals surface area contributed by atoms with Crippen LogP contribution in [0, 0.1) is 0 Å². The fourth-order valence-electron chi connectivity index (χ4n) is 1.63. The second-order valence-electron chi connectivity index (χ2n) is 3.93. The van der Waals surface area contributed by atoms with E-state index in [4.69, 9.17) is 9.63 Å². The van der Waals surface area contributed by atoms with Crippen LogP contribution in [0.25, 0.3) is 22.2 Å². The highest BCUT2D eigenvalue weighted by Crippen LogP contribution is 2.29. The molecule has 20 heavy (non-hydrogen) atoms. The lowest BCUT2D eigenvalue weighted by atomic mass is 10.1. The summed E-state index contributed by atoms with van der Waals surface area (Å²) in [5.74, 6) is -0.0920. The molecule has 0 saturated heterocycles. The van der Waals surface area contributed by atoms with Crippen molar-refractivity contribution in [2.45, 2.75) is 0 Å². The second-order valence-corrected chi connectivity index (χ2v) is 5.76. The van der Waals surface area contributed by atoms with Crippen LogP contribution in [0.5, 0.6) is 0 Å². The van der Waals surface area contributed by atoms with Gasteiger partial charge >= 0.3 is 5.97 Å². The Morgan fingerprint density at radius 1 is 1.30 bits per heavy atom. The maximum Gasteiger partial charge on any atom is 0.335 e. The largest absolute Gasteiger partial charge is 0.478 e. The van der Waals surface area contributed by atoms with E-state index in [1.54, 1.807) is 12.1 Å². The molecule has 0 amide bonds. The van der Waals surface area contributed by atoms with Crippen LogP contribution < -0.4 is 0 Å². The van der Waals surface area contributed by atoms with E-state index < -0.39 is 5.97 Å². The molecule has 0 fully saturated rings. The highest BCUT2D eigenvalue weighted by molar-refractivity contribution is 9.10. The van der Waals surface area contributed by atoms with Gasteiger partial charge in [0.25, 0.3) is 5.89 Å². The first kappa shape index (κ1) is 13.0. The first-order valence-corrected chi connectivity index (χ1v) is 7.22. The summed E-state index contributed by atoms with van der Waals surface area (Å²) < 4.78 is 6.16. The quantitative estimate of drug-likeness (QED) is 0.774. The fourth-order valence-corrected chi connectivity index (χ4v) is 2.98. The minimum Gasteiger partial charge on any atom is -0.478 e. The zero-order chi connectivity index (χ0) is 14.1. The summed E-state index contributed by atoms with van der Waals surface area (Å²) in [4.78, 5) is 16.0. The Hall–Kier alpha value is -1.99. The molecule has 3 rings (SSSR count). The number of benzene rings is 1. The lowest BCUT2D eigenvalue weighted by Crippen LogP contribution is -1.94. The van der Waals surface area contributed by atoms with Crippen LogP contribution in [-0.4, -0.2) is 21.2 Å². The second kappa shape index (κ2) is 5.18. The van der Waals surface area contributed by atoms with Gasteiger partial charge in [-0.15, -0.1) is 11.3 Å². The standard InChI is InChI=1S/C13H7BrN2O3S/c14-9-5-10(20-6-9)11-15-12(19-16-11)7-1-3-8(4-2-7)13(17)18/h1-6H,(H,17,18). The topological polar surface area (TPSA) is 76.2 Å². The van der Waals surface area contributed by atoms with E-state index in [1.165, 1.54) is 23.5 Å². The molecule has 1 N–H and O–H groups in total. The molecule has 2 aromatic heterocycles. The highest BCUT2D eigenvalue weighted by atomic mass is 79.9. The summed E-state index contributed by atoms with van der Waals surface area (Å²) >= 11 is 4.88. The molecule has 0 aliphatic rings. The Labute approximate surface area is 126 Å². The van der Waals surface area contributed by atoms with Gasteiger partial charge in [-0.1, -0.05) is 5.16 Å². The number of carboxylic acids is 1. The molecule has 1 aromatic carbocycles. The SMILES string of the molecule is O=C(O)c1ccc(-c2nc(-c3cc(Br)cs3)no2)cc1. The van der Waals surface area contributed by atoms with Crippen molar-refractivity contribution in [1.29, 1.82) is 0 Å². The van der Waals surface area contributed by atoms with Gasteiger partial charge in [-0.2, -0.15) is 4.98 Å². The molecule has 0 radical (unpaired) electrons. The van der Waals surface area contributed by atoms with E-state index in [2.05, 4.69) is 26.1 Å². The number of carbonyl (C=O) groups is 1. The zero-order valence-electron chi connectivity index (χ0n) is 9.91. The molecule has 3 aromatic rings. The maximum absolute atomic E-state index is 10.8. The molecule has 0 saturated carbocycles. The fraction of sp³-hybridized carbons (Fsp3) is 0. The molecule has 100 valence electrons.